The van der Waals surface area contributed by atoms with Crippen LogP contribution >= 0.6 is 0 Å². The van der Waals surface area contributed by atoms with Gasteiger partial charge in [0.2, 0.25) is 5.91 Å². The third kappa shape index (κ3) is 2.82. The molecule has 0 saturated heterocycles. The standard InChI is InChI=1S/C13H19NO/c1-4-9(2)10(3)11-5-7-12(8-6-11)13(14)15/h5-10H,4H2,1-3H3,(H2,14,15). The Bertz CT molecular complexity index is 329. The molecule has 1 aromatic rings. The summed E-state index contributed by atoms with van der Waals surface area (Å²) in [4.78, 5) is 10.9. The number of carbonyl (C=O) groups excluding carboxylic acids is 1. The number of benzene rings is 1. The molecule has 0 fully saturated rings. The SMILES string of the molecule is CCC(C)C(C)c1ccc(C(N)=O)cc1. The Labute approximate surface area is 91.5 Å². The minimum absolute atomic E-state index is 0.363. The first-order valence-corrected chi connectivity index (χ1v) is 5.46. The zero-order valence-electron chi connectivity index (χ0n) is 9.66. The Balaban J connectivity index is 2.84. The van der Waals surface area contributed by atoms with E-state index in [1.807, 2.05) is 12.1 Å². The van der Waals surface area contributed by atoms with E-state index in [1.54, 1.807) is 12.1 Å². The molecule has 1 amide bonds. The molecule has 0 aliphatic rings. The fraction of sp³-hybridized carbons (Fsp3) is 0.462. The molecule has 0 aromatic heterocycles. The molecule has 0 bridgehead atoms. The summed E-state index contributed by atoms with van der Waals surface area (Å²) in [6.07, 6.45) is 1.17. The number of primary amides is 1. The molecule has 0 spiro atoms. The third-order valence-corrected chi connectivity index (χ3v) is 3.22. The quantitative estimate of drug-likeness (QED) is 0.806. The van der Waals surface area contributed by atoms with Crippen LogP contribution < -0.4 is 5.73 Å². The molecule has 0 aliphatic carbocycles. The molecule has 1 rings (SSSR count). The van der Waals surface area contributed by atoms with Crippen molar-refractivity contribution in [2.75, 3.05) is 0 Å². The highest BCUT2D eigenvalue weighted by Crippen LogP contribution is 2.26. The fourth-order valence-corrected chi connectivity index (χ4v) is 1.63. The molecule has 2 heteroatoms. The van der Waals surface area contributed by atoms with E-state index in [1.165, 1.54) is 12.0 Å². The molecule has 0 radical (unpaired) electrons. The summed E-state index contributed by atoms with van der Waals surface area (Å²) >= 11 is 0. The van der Waals surface area contributed by atoms with Crippen molar-refractivity contribution in [3.05, 3.63) is 35.4 Å². The van der Waals surface area contributed by atoms with Crippen molar-refractivity contribution in [2.24, 2.45) is 11.7 Å². The summed E-state index contributed by atoms with van der Waals surface area (Å²) in [6.45, 7) is 6.65. The van der Waals surface area contributed by atoms with Crippen LogP contribution in [0, 0.1) is 5.92 Å². The summed E-state index contributed by atoms with van der Waals surface area (Å²) in [7, 11) is 0. The summed E-state index contributed by atoms with van der Waals surface area (Å²) in [6, 6.07) is 7.60. The van der Waals surface area contributed by atoms with E-state index in [2.05, 4.69) is 20.8 Å². The van der Waals surface area contributed by atoms with Crippen LogP contribution in [0.15, 0.2) is 24.3 Å². The van der Waals surface area contributed by atoms with Crippen LogP contribution in [0.2, 0.25) is 0 Å². The van der Waals surface area contributed by atoms with E-state index in [-0.39, 0.29) is 5.91 Å². The molecule has 0 saturated carbocycles. The van der Waals surface area contributed by atoms with Gasteiger partial charge in [-0.1, -0.05) is 39.3 Å². The topological polar surface area (TPSA) is 43.1 Å². The monoisotopic (exact) mass is 205 g/mol. The van der Waals surface area contributed by atoms with Crippen LogP contribution in [-0.2, 0) is 0 Å². The summed E-state index contributed by atoms with van der Waals surface area (Å²) < 4.78 is 0. The van der Waals surface area contributed by atoms with Gasteiger partial charge in [-0.05, 0) is 29.5 Å². The number of amides is 1. The maximum atomic E-state index is 10.9. The number of rotatable bonds is 4. The first kappa shape index (κ1) is 11.8. The molecule has 1 aromatic carbocycles. The van der Waals surface area contributed by atoms with Crippen molar-refractivity contribution in [3.8, 4) is 0 Å². The lowest BCUT2D eigenvalue weighted by Gasteiger charge is -2.18. The minimum Gasteiger partial charge on any atom is -0.366 e. The van der Waals surface area contributed by atoms with Crippen LogP contribution in [0.1, 0.15) is 49.0 Å². The normalized spacial score (nSPS) is 14.6. The van der Waals surface area contributed by atoms with Crippen LogP contribution in [-0.4, -0.2) is 5.91 Å². The van der Waals surface area contributed by atoms with Crippen LogP contribution in [0.4, 0.5) is 0 Å². The highest BCUT2D eigenvalue weighted by Gasteiger charge is 2.12. The Kier molecular flexibility index (Phi) is 3.89. The second-order valence-electron chi connectivity index (χ2n) is 4.16. The van der Waals surface area contributed by atoms with Gasteiger partial charge in [0, 0.05) is 5.56 Å². The lowest BCUT2D eigenvalue weighted by Crippen LogP contribution is -2.11. The Morgan fingerprint density at radius 1 is 1.27 bits per heavy atom. The molecular weight excluding hydrogens is 186 g/mol. The van der Waals surface area contributed by atoms with Gasteiger partial charge in [-0.2, -0.15) is 0 Å². The molecule has 15 heavy (non-hydrogen) atoms. The molecule has 0 aliphatic heterocycles. The predicted octanol–water partition coefficient (Wildman–Crippen LogP) is 2.94. The highest BCUT2D eigenvalue weighted by atomic mass is 16.1. The van der Waals surface area contributed by atoms with Gasteiger partial charge in [0.15, 0.2) is 0 Å². The Hall–Kier alpha value is -1.31. The van der Waals surface area contributed by atoms with Crippen LogP contribution in [0.3, 0.4) is 0 Å². The number of carbonyl (C=O) groups is 1. The van der Waals surface area contributed by atoms with Crippen molar-refractivity contribution in [1.82, 2.24) is 0 Å². The zero-order valence-corrected chi connectivity index (χ0v) is 9.66. The molecular formula is C13H19NO. The van der Waals surface area contributed by atoms with Crippen LogP contribution in [0.5, 0.6) is 0 Å². The molecule has 2 nitrogen and oxygen atoms in total. The molecule has 2 N–H and O–H groups in total. The van der Waals surface area contributed by atoms with Gasteiger partial charge < -0.3 is 5.73 Å². The first-order valence-electron chi connectivity index (χ1n) is 5.46. The van der Waals surface area contributed by atoms with Crippen LogP contribution in [0.25, 0.3) is 0 Å². The predicted molar refractivity (Wildman–Crippen MR) is 62.8 cm³/mol. The fourth-order valence-electron chi connectivity index (χ4n) is 1.63. The third-order valence-electron chi connectivity index (χ3n) is 3.22. The van der Waals surface area contributed by atoms with E-state index >= 15 is 0 Å². The van der Waals surface area contributed by atoms with E-state index in [9.17, 15) is 4.79 Å². The van der Waals surface area contributed by atoms with Gasteiger partial charge in [-0.15, -0.1) is 0 Å². The Morgan fingerprint density at radius 3 is 2.20 bits per heavy atom. The summed E-state index contributed by atoms with van der Waals surface area (Å²) in [5, 5.41) is 0. The molecule has 0 heterocycles. The van der Waals surface area contributed by atoms with E-state index in [4.69, 9.17) is 5.73 Å². The maximum Gasteiger partial charge on any atom is 0.248 e. The lowest BCUT2D eigenvalue weighted by atomic mass is 9.87. The summed E-state index contributed by atoms with van der Waals surface area (Å²) in [5.74, 6) is 0.819. The first-order chi connectivity index (χ1) is 7.06. The van der Waals surface area contributed by atoms with Gasteiger partial charge in [0.05, 0.1) is 0 Å². The van der Waals surface area contributed by atoms with Crippen molar-refractivity contribution >= 4 is 5.91 Å². The van der Waals surface area contributed by atoms with Crippen molar-refractivity contribution < 1.29 is 4.79 Å². The van der Waals surface area contributed by atoms with E-state index in [0.29, 0.717) is 17.4 Å². The van der Waals surface area contributed by atoms with Gasteiger partial charge >= 0.3 is 0 Å². The molecule has 2 atom stereocenters. The lowest BCUT2D eigenvalue weighted by molar-refractivity contribution is 0.100. The van der Waals surface area contributed by atoms with Crippen molar-refractivity contribution in [1.29, 1.82) is 0 Å². The second-order valence-corrected chi connectivity index (χ2v) is 4.16. The van der Waals surface area contributed by atoms with Gasteiger partial charge in [-0.25, -0.2) is 0 Å². The Morgan fingerprint density at radius 2 is 1.80 bits per heavy atom. The second kappa shape index (κ2) is 4.96. The number of hydrogen-bond acceptors (Lipinski definition) is 1. The average molecular weight is 205 g/mol. The highest BCUT2D eigenvalue weighted by molar-refractivity contribution is 5.92. The van der Waals surface area contributed by atoms with Gasteiger partial charge in [-0.3, -0.25) is 4.79 Å². The zero-order chi connectivity index (χ0) is 11.4. The smallest absolute Gasteiger partial charge is 0.248 e. The van der Waals surface area contributed by atoms with E-state index in [0.717, 1.165) is 0 Å². The number of hydrogen-bond donors (Lipinski definition) is 1. The van der Waals surface area contributed by atoms with Gasteiger partial charge in [0.25, 0.3) is 0 Å². The van der Waals surface area contributed by atoms with Crippen molar-refractivity contribution in [3.63, 3.8) is 0 Å². The van der Waals surface area contributed by atoms with E-state index < -0.39 is 0 Å². The largest absolute Gasteiger partial charge is 0.366 e. The minimum atomic E-state index is -0.363. The molecule has 2 unspecified atom stereocenters. The number of nitrogens with two attached hydrogens (primary N) is 1. The van der Waals surface area contributed by atoms with Crippen molar-refractivity contribution in [2.45, 2.75) is 33.1 Å². The maximum absolute atomic E-state index is 10.9. The summed E-state index contributed by atoms with van der Waals surface area (Å²) in [5.41, 5.74) is 7.04. The average Bonchev–Trinajstić information content (AvgIpc) is 2.27. The van der Waals surface area contributed by atoms with Gasteiger partial charge in [0.1, 0.15) is 0 Å². The molecule has 82 valence electrons.